The van der Waals surface area contributed by atoms with Crippen LogP contribution in [-0.2, 0) is 16.0 Å². The molecule has 1 aliphatic heterocycles. The lowest BCUT2D eigenvalue weighted by molar-refractivity contribution is -0.138. The summed E-state index contributed by atoms with van der Waals surface area (Å²) in [6.45, 7) is 2.60. The van der Waals surface area contributed by atoms with E-state index in [-0.39, 0.29) is 17.9 Å². The minimum Gasteiger partial charge on any atom is -0.354 e. The zero-order chi connectivity index (χ0) is 19.1. The average Bonchev–Trinajstić information content (AvgIpc) is 3.36. The van der Waals surface area contributed by atoms with Gasteiger partial charge in [-0.2, -0.15) is 0 Å². The highest BCUT2D eigenvalue weighted by Gasteiger charge is 2.33. The molecule has 7 heteroatoms. The van der Waals surface area contributed by atoms with E-state index in [1.807, 2.05) is 35.7 Å². The summed E-state index contributed by atoms with van der Waals surface area (Å²) in [5, 5.41) is 6.02. The van der Waals surface area contributed by atoms with Crippen molar-refractivity contribution >= 4 is 34.9 Å². The normalized spacial score (nSPS) is 16.5. The molecule has 1 aromatic carbocycles. The molecule has 0 bridgehead atoms. The van der Waals surface area contributed by atoms with Crippen LogP contribution >= 0.6 is 23.1 Å². The SMILES string of the molecule is CCCCC(=O)N1CSC[C@@H]1C(=O)NCCc1csc(-c2ccccc2)n1. The lowest BCUT2D eigenvalue weighted by Crippen LogP contribution is -2.47. The van der Waals surface area contributed by atoms with Crippen LogP contribution < -0.4 is 5.32 Å². The van der Waals surface area contributed by atoms with Crippen LogP contribution in [0.1, 0.15) is 31.9 Å². The fourth-order valence-electron chi connectivity index (χ4n) is 2.94. The van der Waals surface area contributed by atoms with Crippen molar-refractivity contribution in [1.29, 1.82) is 0 Å². The summed E-state index contributed by atoms with van der Waals surface area (Å²) in [5.41, 5.74) is 2.10. The Kier molecular flexibility index (Phi) is 7.29. The third-order valence-electron chi connectivity index (χ3n) is 4.50. The summed E-state index contributed by atoms with van der Waals surface area (Å²) in [4.78, 5) is 31.2. The second-order valence-electron chi connectivity index (χ2n) is 6.53. The summed E-state index contributed by atoms with van der Waals surface area (Å²) in [6, 6.07) is 9.76. The number of unbranched alkanes of at least 4 members (excludes halogenated alkanes) is 1. The van der Waals surface area contributed by atoms with E-state index in [0.29, 0.717) is 31.0 Å². The maximum Gasteiger partial charge on any atom is 0.243 e. The van der Waals surface area contributed by atoms with Crippen molar-refractivity contribution in [2.45, 2.75) is 38.6 Å². The van der Waals surface area contributed by atoms with Gasteiger partial charge in [0.05, 0.1) is 11.6 Å². The highest BCUT2D eigenvalue weighted by atomic mass is 32.2. The predicted molar refractivity (Wildman–Crippen MR) is 112 cm³/mol. The van der Waals surface area contributed by atoms with Crippen molar-refractivity contribution in [2.24, 2.45) is 0 Å². The van der Waals surface area contributed by atoms with Crippen LogP contribution in [0.5, 0.6) is 0 Å². The second-order valence-corrected chi connectivity index (χ2v) is 8.39. The van der Waals surface area contributed by atoms with Crippen LogP contribution in [0.4, 0.5) is 0 Å². The predicted octanol–water partition coefficient (Wildman–Crippen LogP) is 3.56. The molecule has 27 heavy (non-hydrogen) atoms. The highest BCUT2D eigenvalue weighted by molar-refractivity contribution is 7.99. The van der Waals surface area contributed by atoms with Gasteiger partial charge in [-0.05, 0) is 6.42 Å². The third-order valence-corrected chi connectivity index (χ3v) is 6.45. The molecule has 1 atom stereocenters. The molecule has 1 aliphatic rings. The molecule has 144 valence electrons. The maximum atomic E-state index is 12.5. The molecule has 1 saturated heterocycles. The smallest absolute Gasteiger partial charge is 0.243 e. The highest BCUT2D eigenvalue weighted by Crippen LogP contribution is 2.24. The van der Waals surface area contributed by atoms with Crippen LogP contribution in [-0.4, -0.2) is 45.9 Å². The first-order valence-electron chi connectivity index (χ1n) is 9.33. The number of nitrogens with zero attached hydrogens (tertiary/aromatic N) is 2. The van der Waals surface area contributed by atoms with Gasteiger partial charge < -0.3 is 10.2 Å². The van der Waals surface area contributed by atoms with Crippen LogP contribution in [0.3, 0.4) is 0 Å². The number of rotatable bonds is 8. The molecular weight excluding hydrogens is 378 g/mol. The molecule has 1 N–H and O–H groups in total. The molecule has 2 heterocycles. The summed E-state index contributed by atoms with van der Waals surface area (Å²) in [7, 11) is 0. The Morgan fingerprint density at radius 3 is 2.89 bits per heavy atom. The molecule has 2 aromatic rings. The number of thiazole rings is 1. The quantitative estimate of drug-likeness (QED) is 0.732. The molecule has 0 unspecified atom stereocenters. The number of amides is 2. The number of thioether (sulfide) groups is 1. The van der Waals surface area contributed by atoms with E-state index in [1.165, 1.54) is 0 Å². The first kappa shape index (κ1) is 19.9. The summed E-state index contributed by atoms with van der Waals surface area (Å²) in [6.07, 6.45) is 3.09. The van der Waals surface area contributed by atoms with E-state index in [0.717, 1.165) is 29.1 Å². The van der Waals surface area contributed by atoms with Crippen molar-refractivity contribution in [3.05, 3.63) is 41.4 Å². The first-order valence-corrected chi connectivity index (χ1v) is 11.4. The number of nitrogens with one attached hydrogen (secondary N) is 1. The van der Waals surface area contributed by atoms with Gasteiger partial charge in [-0.15, -0.1) is 23.1 Å². The van der Waals surface area contributed by atoms with Gasteiger partial charge in [0.2, 0.25) is 11.8 Å². The Bertz CT molecular complexity index is 764. The molecule has 1 fully saturated rings. The van der Waals surface area contributed by atoms with Gasteiger partial charge in [-0.3, -0.25) is 9.59 Å². The lowest BCUT2D eigenvalue weighted by atomic mass is 10.2. The Balaban J connectivity index is 1.48. The van der Waals surface area contributed by atoms with Crippen molar-refractivity contribution in [3.8, 4) is 10.6 Å². The van der Waals surface area contributed by atoms with Crippen LogP contribution in [0, 0.1) is 0 Å². The number of benzene rings is 1. The molecule has 0 saturated carbocycles. The van der Waals surface area contributed by atoms with Crippen LogP contribution in [0.15, 0.2) is 35.7 Å². The van der Waals surface area contributed by atoms with E-state index >= 15 is 0 Å². The summed E-state index contributed by atoms with van der Waals surface area (Å²) in [5.74, 6) is 1.34. The molecule has 2 amide bonds. The van der Waals surface area contributed by atoms with E-state index < -0.39 is 0 Å². The average molecular weight is 404 g/mol. The fraction of sp³-hybridized carbons (Fsp3) is 0.450. The molecule has 5 nitrogen and oxygen atoms in total. The van der Waals surface area contributed by atoms with Gasteiger partial charge in [0, 0.05) is 36.1 Å². The summed E-state index contributed by atoms with van der Waals surface area (Å²) < 4.78 is 0. The standard InChI is InChI=1S/C20H25N3O2S2/c1-2-3-9-18(24)23-14-26-13-17(23)19(25)21-11-10-16-12-27-20(22-16)15-7-5-4-6-8-15/h4-8,12,17H,2-3,9-11,13-14H2,1H3,(H,21,25)/t17-/m1/s1. The van der Waals surface area contributed by atoms with E-state index in [4.69, 9.17) is 0 Å². The van der Waals surface area contributed by atoms with Gasteiger partial charge in [-0.1, -0.05) is 43.7 Å². The number of carbonyl (C=O) groups is 2. The number of aromatic nitrogens is 1. The lowest BCUT2D eigenvalue weighted by Gasteiger charge is -2.23. The minimum absolute atomic E-state index is 0.0524. The number of hydrogen-bond acceptors (Lipinski definition) is 5. The van der Waals surface area contributed by atoms with Crippen molar-refractivity contribution < 1.29 is 9.59 Å². The van der Waals surface area contributed by atoms with Gasteiger partial charge >= 0.3 is 0 Å². The van der Waals surface area contributed by atoms with Crippen molar-refractivity contribution in [1.82, 2.24) is 15.2 Å². The van der Waals surface area contributed by atoms with Crippen molar-refractivity contribution in [3.63, 3.8) is 0 Å². The van der Waals surface area contributed by atoms with Crippen LogP contribution in [0.25, 0.3) is 10.6 Å². The first-order chi connectivity index (χ1) is 13.2. The van der Waals surface area contributed by atoms with E-state index in [9.17, 15) is 9.59 Å². The van der Waals surface area contributed by atoms with E-state index in [1.54, 1.807) is 28.0 Å². The van der Waals surface area contributed by atoms with Gasteiger partial charge in [0.1, 0.15) is 11.0 Å². The Hall–Kier alpha value is -1.86. The minimum atomic E-state index is -0.338. The molecular formula is C20H25N3O2S2. The second kappa shape index (κ2) is 9.90. The Morgan fingerprint density at radius 2 is 2.11 bits per heavy atom. The Labute approximate surface area is 168 Å². The molecule has 0 spiro atoms. The summed E-state index contributed by atoms with van der Waals surface area (Å²) >= 11 is 3.26. The number of hydrogen-bond donors (Lipinski definition) is 1. The fourth-order valence-corrected chi connectivity index (χ4v) is 4.98. The van der Waals surface area contributed by atoms with Gasteiger partial charge in [0.15, 0.2) is 0 Å². The molecule has 0 aliphatic carbocycles. The number of carbonyl (C=O) groups excluding carboxylic acids is 2. The zero-order valence-electron chi connectivity index (χ0n) is 15.5. The topological polar surface area (TPSA) is 62.3 Å². The third kappa shape index (κ3) is 5.32. The monoisotopic (exact) mass is 403 g/mol. The van der Waals surface area contributed by atoms with Crippen molar-refractivity contribution in [2.75, 3.05) is 18.2 Å². The van der Waals surface area contributed by atoms with Crippen LogP contribution in [0.2, 0.25) is 0 Å². The molecule has 3 rings (SSSR count). The molecule has 0 radical (unpaired) electrons. The molecule has 1 aromatic heterocycles. The Morgan fingerprint density at radius 1 is 1.30 bits per heavy atom. The van der Waals surface area contributed by atoms with E-state index in [2.05, 4.69) is 17.2 Å². The zero-order valence-corrected chi connectivity index (χ0v) is 17.2. The van der Waals surface area contributed by atoms with Gasteiger partial charge in [-0.25, -0.2) is 4.98 Å². The maximum absolute atomic E-state index is 12.5. The van der Waals surface area contributed by atoms with Gasteiger partial charge in [0.25, 0.3) is 0 Å². The largest absolute Gasteiger partial charge is 0.354 e.